The Labute approximate surface area is 142 Å². The van der Waals surface area contributed by atoms with E-state index in [-0.39, 0.29) is 16.6 Å². The highest BCUT2D eigenvalue weighted by molar-refractivity contribution is 8.18. The summed E-state index contributed by atoms with van der Waals surface area (Å²) in [5, 5.41) is 11.7. The topological polar surface area (TPSA) is 75.8 Å². The number of carbonyl (C=O) groups is 1. The number of rotatable bonds is 2. The Morgan fingerprint density at radius 3 is 2.74 bits per heavy atom. The molecule has 0 bridgehead atoms. The zero-order chi connectivity index (χ0) is 16.4. The predicted molar refractivity (Wildman–Crippen MR) is 91.5 cm³/mol. The van der Waals surface area contributed by atoms with Crippen molar-refractivity contribution in [1.29, 1.82) is 0 Å². The Balaban J connectivity index is 1.80. The third-order valence-electron chi connectivity index (χ3n) is 3.70. The quantitative estimate of drug-likeness (QED) is 0.461. The summed E-state index contributed by atoms with van der Waals surface area (Å²) in [6.07, 6.45) is 5.04. The van der Waals surface area contributed by atoms with Crippen molar-refractivity contribution in [2.45, 2.75) is 19.3 Å². The molecule has 1 amide bonds. The summed E-state index contributed by atoms with van der Waals surface area (Å²) in [5.74, 6) is -0.298. The molecule has 1 fully saturated rings. The maximum atomic E-state index is 12.1. The lowest BCUT2D eigenvalue weighted by Gasteiger charge is -2.27. The molecule has 0 aromatic heterocycles. The van der Waals surface area contributed by atoms with Gasteiger partial charge in [-0.1, -0.05) is 17.7 Å². The Morgan fingerprint density at radius 1 is 1.30 bits per heavy atom. The fraction of sp³-hybridized carbons (Fsp3) is 0.333. The van der Waals surface area contributed by atoms with E-state index in [1.807, 2.05) is 0 Å². The number of carbonyl (C=O) groups excluding carboxylic acids is 1. The van der Waals surface area contributed by atoms with Gasteiger partial charge in [0.15, 0.2) is 5.17 Å². The van der Waals surface area contributed by atoms with Crippen LogP contribution in [0, 0.1) is 10.1 Å². The fourth-order valence-corrected chi connectivity index (χ4v) is 3.68. The smallest absolute Gasteiger partial charge is 0.288 e. The Kier molecular flexibility index (Phi) is 4.68. The minimum atomic E-state index is -0.538. The first-order valence-electron chi connectivity index (χ1n) is 7.26. The van der Waals surface area contributed by atoms with Crippen molar-refractivity contribution in [3.05, 3.63) is 43.8 Å². The van der Waals surface area contributed by atoms with Crippen molar-refractivity contribution >= 4 is 46.2 Å². The van der Waals surface area contributed by atoms with Gasteiger partial charge in [0.25, 0.3) is 11.6 Å². The van der Waals surface area contributed by atoms with E-state index in [2.05, 4.69) is 9.89 Å². The molecule has 120 valence electrons. The number of hydrogen-bond acceptors (Lipinski definition) is 5. The summed E-state index contributed by atoms with van der Waals surface area (Å²) in [7, 11) is 0. The molecule has 0 atom stereocenters. The van der Waals surface area contributed by atoms with Crippen LogP contribution in [-0.2, 0) is 4.79 Å². The molecule has 6 nitrogen and oxygen atoms in total. The van der Waals surface area contributed by atoms with Crippen LogP contribution < -0.4 is 0 Å². The molecule has 8 heteroatoms. The first-order valence-corrected chi connectivity index (χ1v) is 8.45. The van der Waals surface area contributed by atoms with Crippen LogP contribution in [0.1, 0.15) is 24.8 Å². The monoisotopic (exact) mass is 351 g/mol. The van der Waals surface area contributed by atoms with Gasteiger partial charge in [-0.05, 0) is 48.7 Å². The molecule has 2 aliphatic rings. The van der Waals surface area contributed by atoms with E-state index in [1.165, 1.54) is 30.3 Å². The largest absolute Gasteiger partial charge is 0.351 e. The van der Waals surface area contributed by atoms with Crippen LogP contribution in [0.2, 0.25) is 5.02 Å². The van der Waals surface area contributed by atoms with E-state index >= 15 is 0 Å². The van der Waals surface area contributed by atoms with Gasteiger partial charge in [0.1, 0.15) is 5.02 Å². The molecule has 0 spiro atoms. The van der Waals surface area contributed by atoms with Gasteiger partial charge in [-0.15, -0.1) is 0 Å². The van der Waals surface area contributed by atoms with E-state index in [1.54, 1.807) is 12.1 Å². The van der Waals surface area contributed by atoms with Gasteiger partial charge in [0.05, 0.1) is 9.83 Å². The van der Waals surface area contributed by atoms with Crippen molar-refractivity contribution in [2.24, 2.45) is 4.99 Å². The molecule has 1 aromatic rings. The molecule has 0 unspecified atom stereocenters. The number of benzene rings is 1. The van der Waals surface area contributed by atoms with E-state index in [9.17, 15) is 14.9 Å². The lowest BCUT2D eigenvalue weighted by atomic mass is 10.1. The van der Waals surface area contributed by atoms with Crippen LogP contribution in [0.4, 0.5) is 5.69 Å². The number of amidine groups is 1. The van der Waals surface area contributed by atoms with E-state index in [4.69, 9.17) is 11.6 Å². The molecule has 2 aliphatic heterocycles. The van der Waals surface area contributed by atoms with Gasteiger partial charge in [0, 0.05) is 19.2 Å². The normalized spacial score (nSPS) is 20.0. The summed E-state index contributed by atoms with van der Waals surface area (Å²) < 4.78 is 0. The molecule has 1 saturated heterocycles. The molecule has 0 saturated carbocycles. The number of nitro groups is 1. The Bertz CT molecular complexity index is 727. The minimum Gasteiger partial charge on any atom is -0.351 e. The molecule has 3 rings (SSSR count). The van der Waals surface area contributed by atoms with Gasteiger partial charge in [0.2, 0.25) is 0 Å². The average molecular weight is 352 g/mol. The maximum absolute atomic E-state index is 12.1. The zero-order valence-corrected chi connectivity index (χ0v) is 13.8. The number of nitrogens with zero attached hydrogens (tertiary/aromatic N) is 3. The number of aliphatic imine (C=N–C) groups is 1. The standard InChI is InChI=1S/C15H14ClN3O3S/c16-11-5-4-10(8-12(11)19(21)22)9-13-14(20)17-15(23-13)18-6-2-1-3-7-18/h4-5,8-9H,1-3,6-7H2/b13-9-. The number of halogens is 1. The van der Waals surface area contributed by atoms with Crippen molar-refractivity contribution < 1.29 is 9.72 Å². The second-order valence-electron chi connectivity index (χ2n) is 5.33. The molecule has 0 N–H and O–H groups in total. The molecular formula is C15H14ClN3O3S. The SMILES string of the molecule is O=C1N=C(N2CCCCC2)S/C1=C\c1ccc(Cl)c([N+](=O)[O-])c1. The second kappa shape index (κ2) is 6.72. The van der Waals surface area contributed by atoms with Gasteiger partial charge >= 0.3 is 0 Å². The summed E-state index contributed by atoms with van der Waals surface area (Å²) >= 11 is 7.12. The molecule has 23 heavy (non-hydrogen) atoms. The lowest BCUT2D eigenvalue weighted by molar-refractivity contribution is -0.384. The van der Waals surface area contributed by atoms with Crippen molar-refractivity contribution in [2.75, 3.05) is 13.1 Å². The maximum Gasteiger partial charge on any atom is 0.288 e. The molecule has 0 aliphatic carbocycles. The second-order valence-corrected chi connectivity index (χ2v) is 6.74. The summed E-state index contributed by atoms with van der Waals surface area (Å²) in [5.41, 5.74) is 0.390. The van der Waals surface area contributed by atoms with Gasteiger partial charge in [-0.25, -0.2) is 0 Å². The van der Waals surface area contributed by atoms with Crippen LogP contribution in [-0.4, -0.2) is 34.0 Å². The molecular weight excluding hydrogens is 338 g/mol. The van der Waals surface area contributed by atoms with E-state index in [0.717, 1.165) is 31.1 Å². The average Bonchev–Trinajstić information content (AvgIpc) is 2.91. The summed E-state index contributed by atoms with van der Waals surface area (Å²) in [4.78, 5) is 29.1. The first-order chi connectivity index (χ1) is 11.0. The highest BCUT2D eigenvalue weighted by Gasteiger charge is 2.27. The summed E-state index contributed by atoms with van der Waals surface area (Å²) in [6, 6.07) is 4.47. The van der Waals surface area contributed by atoms with Crippen LogP contribution in [0.5, 0.6) is 0 Å². The third kappa shape index (κ3) is 3.56. The molecule has 1 aromatic carbocycles. The molecule has 2 heterocycles. The lowest BCUT2D eigenvalue weighted by Crippen LogP contribution is -2.33. The third-order valence-corrected chi connectivity index (χ3v) is 5.06. The number of thioether (sulfide) groups is 1. The van der Waals surface area contributed by atoms with Crippen LogP contribution >= 0.6 is 23.4 Å². The first kappa shape index (κ1) is 16.0. The zero-order valence-electron chi connectivity index (χ0n) is 12.2. The van der Waals surface area contributed by atoms with Crippen molar-refractivity contribution in [1.82, 2.24) is 4.90 Å². The highest BCUT2D eigenvalue weighted by Crippen LogP contribution is 2.33. The van der Waals surface area contributed by atoms with Crippen molar-refractivity contribution in [3.63, 3.8) is 0 Å². The van der Waals surface area contributed by atoms with Crippen LogP contribution in [0.3, 0.4) is 0 Å². The fourth-order valence-electron chi connectivity index (χ4n) is 2.53. The Hall–Kier alpha value is -1.86. The van der Waals surface area contributed by atoms with Crippen LogP contribution in [0.25, 0.3) is 6.08 Å². The van der Waals surface area contributed by atoms with Crippen LogP contribution in [0.15, 0.2) is 28.1 Å². The number of likely N-dealkylation sites (tertiary alicyclic amines) is 1. The number of hydrogen-bond donors (Lipinski definition) is 0. The van der Waals surface area contributed by atoms with Gasteiger partial charge in [-0.2, -0.15) is 4.99 Å². The van der Waals surface area contributed by atoms with Gasteiger partial charge < -0.3 is 4.90 Å². The van der Waals surface area contributed by atoms with Gasteiger partial charge in [-0.3, -0.25) is 14.9 Å². The number of nitro benzene ring substituents is 1. The summed E-state index contributed by atoms with van der Waals surface area (Å²) in [6.45, 7) is 1.83. The number of amides is 1. The van der Waals surface area contributed by atoms with E-state index in [0.29, 0.717) is 10.5 Å². The molecule has 0 radical (unpaired) electrons. The van der Waals surface area contributed by atoms with E-state index < -0.39 is 4.92 Å². The minimum absolute atomic E-state index is 0.0767. The highest BCUT2D eigenvalue weighted by atomic mass is 35.5. The number of piperidine rings is 1. The predicted octanol–water partition coefficient (Wildman–Crippen LogP) is 3.70. The Morgan fingerprint density at radius 2 is 2.04 bits per heavy atom. The van der Waals surface area contributed by atoms with Crippen molar-refractivity contribution in [3.8, 4) is 0 Å².